The highest BCUT2D eigenvalue weighted by Crippen LogP contribution is 2.27. The van der Waals surface area contributed by atoms with Gasteiger partial charge in [0.05, 0.1) is 12.3 Å². The molecule has 4 aromatic rings. The number of hydrogen-bond acceptors (Lipinski definition) is 7. The summed E-state index contributed by atoms with van der Waals surface area (Å²) in [6.07, 6.45) is 2.46. The molecule has 0 spiro atoms. The molecule has 3 N–H and O–H groups in total. The van der Waals surface area contributed by atoms with Crippen LogP contribution in [0, 0.1) is 5.82 Å². The van der Waals surface area contributed by atoms with Crippen molar-refractivity contribution in [3.8, 4) is 5.82 Å². The zero-order valence-corrected chi connectivity index (χ0v) is 20.8. The van der Waals surface area contributed by atoms with Crippen LogP contribution in [0.5, 0.6) is 0 Å². The minimum atomic E-state index is -0.907. The molecule has 0 radical (unpaired) electrons. The molecule has 0 fully saturated rings. The van der Waals surface area contributed by atoms with Gasteiger partial charge in [0, 0.05) is 29.9 Å². The highest BCUT2D eigenvalue weighted by molar-refractivity contribution is 5.77. The van der Waals surface area contributed by atoms with Crippen molar-refractivity contribution in [3.05, 3.63) is 69.5 Å². The quantitative estimate of drug-likeness (QED) is 0.379. The number of anilines is 2. The van der Waals surface area contributed by atoms with Gasteiger partial charge in [-0.3, -0.25) is 4.79 Å². The van der Waals surface area contributed by atoms with E-state index in [0.29, 0.717) is 22.8 Å². The van der Waals surface area contributed by atoms with Crippen LogP contribution in [0.25, 0.3) is 16.9 Å². The second-order valence-corrected chi connectivity index (χ2v) is 10.1. The summed E-state index contributed by atoms with van der Waals surface area (Å²) in [5, 5.41) is 16.8. The minimum Gasteiger partial charge on any atom is -0.395 e. The van der Waals surface area contributed by atoms with Gasteiger partial charge in [-0.15, -0.1) is 0 Å². The van der Waals surface area contributed by atoms with E-state index in [0.717, 1.165) is 25.2 Å². The largest absolute Gasteiger partial charge is 0.395 e. The lowest BCUT2D eigenvalue weighted by atomic mass is 9.89. The number of aliphatic hydroxyl groups excluding tert-OH is 1. The molecular weight excluding hydrogens is 461 g/mol. The SMILES string of the molecule is CC(C)n1c(=O)c2cnc(Nc3ccc4c(c3)CCNC4)nc2n1-c1ccc(F)c(C(C)(C)CO)n1. The van der Waals surface area contributed by atoms with Crippen molar-refractivity contribution in [2.45, 2.75) is 52.1 Å². The summed E-state index contributed by atoms with van der Waals surface area (Å²) in [5.74, 6) is 0.149. The number of pyridine rings is 1. The highest BCUT2D eigenvalue weighted by Gasteiger charge is 2.27. The van der Waals surface area contributed by atoms with Crippen molar-refractivity contribution >= 4 is 22.7 Å². The van der Waals surface area contributed by atoms with E-state index >= 15 is 0 Å². The summed E-state index contributed by atoms with van der Waals surface area (Å²) in [6.45, 7) is 8.70. The van der Waals surface area contributed by atoms with E-state index in [9.17, 15) is 14.3 Å². The molecule has 9 nitrogen and oxygen atoms in total. The summed E-state index contributed by atoms with van der Waals surface area (Å²) in [6, 6.07) is 8.76. The molecule has 0 aliphatic carbocycles. The lowest BCUT2D eigenvalue weighted by Gasteiger charge is -2.23. The van der Waals surface area contributed by atoms with E-state index in [-0.39, 0.29) is 23.9 Å². The fraction of sp³-hybridized carbons (Fsp3) is 0.385. The summed E-state index contributed by atoms with van der Waals surface area (Å²) in [7, 11) is 0. The third kappa shape index (κ3) is 4.16. The van der Waals surface area contributed by atoms with Gasteiger partial charge in [-0.1, -0.05) is 19.9 Å². The van der Waals surface area contributed by atoms with E-state index in [1.54, 1.807) is 18.5 Å². The fourth-order valence-corrected chi connectivity index (χ4v) is 4.53. The Kier molecular flexibility index (Phi) is 6.09. The number of aromatic nitrogens is 5. The van der Waals surface area contributed by atoms with Crippen LogP contribution < -0.4 is 16.2 Å². The van der Waals surface area contributed by atoms with Gasteiger partial charge in [-0.2, -0.15) is 4.98 Å². The molecule has 0 amide bonds. The molecule has 0 saturated heterocycles. The van der Waals surface area contributed by atoms with Gasteiger partial charge in [0.2, 0.25) is 5.95 Å². The van der Waals surface area contributed by atoms with Gasteiger partial charge in [-0.25, -0.2) is 23.7 Å². The Labute approximate surface area is 208 Å². The molecular formula is C26H30FN7O2. The molecule has 5 rings (SSSR count). The third-order valence-electron chi connectivity index (χ3n) is 6.55. The molecule has 36 heavy (non-hydrogen) atoms. The minimum absolute atomic E-state index is 0.114. The fourth-order valence-electron chi connectivity index (χ4n) is 4.53. The molecule has 0 atom stereocenters. The van der Waals surface area contributed by atoms with Crippen molar-refractivity contribution in [2.75, 3.05) is 18.5 Å². The Bertz CT molecular complexity index is 1510. The van der Waals surface area contributed by atoms with Gasteiger partial charge in [0.25, 0.3) is 5.56 Å². The number of nitrogens with one attached hydrogen (secondary N) is 2. The molecule has 0 bridgehead atoms. The summed E-state index contributed by atoms with van der Waals surface area (Å²) >= 11 is 0. The molecule has 188 valence electrons. The highest BCUT2D eigenvalue weighted by atomic mass is 19.1. The van der Waals surface area contributed by atoms with Crippen molar-refractivity contribution in [3.63, 3.8) is 0 Å². The van der Waals surface area contributed by atoms with Crippen LogP contribution in [-0.4, -0.2) is 42.6 Å². The number of hydrogen-bond donors (Lipinski definition) is 3. The van der Waals surface area contributed by atoms with Crippen LogP contribution in [0.4, 0.5) is 16.0 Å². The molecule has 4 heterocycles. The summed E-state index contributed by atoms with van der Waals surface area (Å²) < 4.78 is 17.8. The maximum absolute atomic E-state index is 14.7. The predicted molar refractivity (Wildman–Crippen MR) is 137 cm³/mol. The maximum atomic E-state index is 14.7. The van der Waals surface area contributed by atoms with Crippen molar-refractivity contribution in [1.29, 1.82) is 0 Å². The number of aliphatic hydroxyl groups is 1. The zero-order valence-electron chi connectivity index (χ0n) is 20.8. The molecule has 3 aromatic heterocycles. The van der Waals surface area contributed by atoms with E-state index in [1.807, 2.05) is 19.9 Å². The van der Waals surface area contributed by atoms with Gasteiger partial charge < -0.3 is 15.7 Å². The smallest absolute Gasteiger partial charge is 0.278 e. The number of halogens is 1. The monoisotopic (exact) mass is 491 g/mol. The van der Waals surface area contributed by atoms with E-state index in [1.165, 1.54) is 34.1 Å². The molecule has 0 unspecified atom stereocenters. The standard InChI is InChI=1S/C26H30FN7O2/c1-15(2)33-24(36)19-13-29-25(30-18-6-5-17-12-28-10-9-16(17)11-18)32-23(19)34(33)21-8-7-20(27)22(31-21)26(3,4)14-35/h5-8,11,13,15,28,35H,9-10,12,14H2,1-4H3,(H,29,30,32). The Balaban J connectivity index is 1.64. The van der Waals surface area contributed by atoms with Gasteiger partial charge in [0.15, 0.2) is 11.5 Å². The van der Waals surface area contributed by atoms with Crippen molar-refractivity contribution in [1.82, 2.24) is 29.6 Å². The number of nitrogens with zero attached hydrogens (tertiary/aromatic N) is 5. The van der Waals surface area contributed by atoms with Crippen LogP contribution in [0.15, 0.2) is 41.3 Å². The Morgan fingerprint density at radius 1 is 1.19 bits per heavy atom. The van der Waals surface area contributed by atoms with Crippen LogP contribution >= 0.6 is 0 Å². The van der Waals surface area contributed by atoms with Crippen LogP contribution in [0.3, 0.4) is 0 Å². The molecule has 1 aromatic carbocycles. The lowest BCUT2D eigenvalue weighted by molar-refractivity contribution is 0.211. The summed E-state index contributed by atoms with van der Waals surface area (Å²) in [4.78, 5) is 26.9. The van der Waals surface area contributed by atoms with Gasteiger partial charge in [0.1, 0.15) is 11.2 Å². The second-order valence-electron chi connectivity index (χ2n) is 10.1. The maximum Gasteiger partial charge on any atom is 0.278 e. The van der Waals surface area contributed by atoms with E-state index in [2.05, 4.69) is 37.7 Å². The van der Waals surface area contributed by atoms with Gasteiger partial charge >= 0.3 is 0 Å². The lowest BCUT2D eigenvalue weighted by Crippen LogP contribution is -2.28. The number of rotatable bonds is 6. The predicted octanol–water partition coefficient (Wildman–Crippen LogP) is 3.36. The second kappa shape index (κ2) is 9.11. The Hall–Kier alpha value is -3.63. The number of fused-ring (bicyclic) bond motifs is 2. The summed E-state index contributed by atoms with van der Waals surface area (Å²) in [5.41, 5.74) is 2.71. The molecule has 10 heteroatoms. The van der Waals surface area contributed by atoms with Gasteiger partial charge in [-0.05, 0) is 62.2 Å². The van der Waals surface area contributed by atoms with Crippen LogP contribution in [0.1, 0.15) is 50.6 Å². The van der Waals surface area contributed by atoms with Crippen LogP contribution in [0.2, 0.25) is 0 Å². The van der Waals surface area contributed by atoms with E-state index in [4.69, 9.17) is 0 Å². The first-order chi connectivity index (χ1) is 17.2. The zero-order chi connectivity index (χ0) is 25.6. The third-order valence-corrected chi connectivity index (χ3v) is 6.55. The normalized spacial score (nSPS) is 13.9. The van der Waals surface area contributed by atoms with Crippen LogP contribution in [-0.2, 0) is 18.4 Å². The topological polar surface area (TPSA) is 110 Å². The molecule has 0 saturated carbocycles. The van der Waals surface area contributed by atoms with Crippen molar-refractivity contribution in [2.24, 2.45) is 0 Å². The first kappa shape index (κ1) is 24.1. The molecule has 1 aliphatic heterocycles. The average molecular weight is 492 g/mol. The molecule has 1 aliphatic rings. The first-order valence-electron chi connectivity index (χ1n) is 12.1. The van der Waals surface area contributed by atoms with E-state index < -0.39 is 11.2 Å². The Morgan fingerprint density at radius 3 is 2.75 bits per heavy atom. The van der Waals surface area contributed by atoms with Crippen molar-refractivity contribution < 1.29 is 9.50 Å². The first-order valence-corrected chi connectivity index (χ1v) is 12.1. The Morgan fingerprint density at radius 2 is 2.00 bits per heavy atom. The average Bonchev–Trinajstić information content (AvgIpc) is 3.16. The number of benzene rings is 1.